The van der Waals surface area contributed by atoms with E-state index >= 15 is 0 Å². The third-order valence-corrected chi connectivity index (χ3v) is 4.94. The molecule has 2 N–H and O–H groups in total. The summed E-state index contributed by atoms with van der Waals surface area (Å²) in [4.78, 5) is 13.1. The van der Waals surface area contributed by atoms with Crippen molar-refractivity contribution in [2.75, 3.05) is 0 Å². The second-order valence-corrected chi connectivity index (χ2v) is 6.86. The fraction of sp³-hybridized carbons (Fsp3) is 0.333. The van der Waals surface area contributed by atoms with Crippen LogP contribution in [0.3, 0.4) is 0 Å². The quantitative estimate of drug-likeness (QED) is 0.919. The van der Waals surface area contributed by atoms with Crippen molar-refractivity contribution in [3.05, 3.63) is 74.5 Å². The summed E-state index contributed by atoms with van der Waals surface area (Å²) in [5, 5.41) is 9.66. The molecule has 0 amide bonds. The number of ether oxygens (including phenoxy) is 1. The molecule has 5 nitrogen and oxygen atoms in total. The van der Waals surface area contributed by atoms with Crippen molar-refractivity contribution >= 4 is 0 Å². The van der Waals surface area contributed by atoms with E-state index in [4.69, 9.17) is 10.5 Å². The van der Waals surface area contributed by atoms with E-state index in [9.17, 15) is 10.1 Å². The molecule has 0 radical (unpaired) electrons. The van der Waals surface area contributed by atoms with Gasteiger partial charge in [0.05, 0.1) is 11.5 Å². The van der Waals surface area contributed by atoms with Gasteiger partial charge in [0, 0.05) is 18.3 Å². The molecule has 2 heterocycles. The van der Waals surface area contributed by atoms with Gasteiger partial charge in [-0.2, -0.15) is 5.26 Å². The molecule has 134 valence electrons. The van der Waals surface area contributed by atoms with E-state index in [0.717, 1.165) is 11.3 Å². The number of hydrogen-bond donors (Lipinski definition) is 1. The van der Waals surface area contributed by atoms with Gasteiger partial charge in [-0.25, -0.2) is 0 Å². The molecule has 0 spiro atoms. The predicted octanol–water partition coefficient (Wildman–Crippen LogP) is 3.52. The van der Waals surface area contributed by atoms with Gasteiger partial charge in [0.15, 0.2) is 0 Å². The lowest BCUT2D eigenvalue weighted by molar-refractivity contribution is 0.388. The zero-order chi connectivity index (χ0) is 19.0. The summed E-state index contributed by atoms with van der Waals surface area (Å²) in [6, 6.07) is 12.0. The van der Waals surface area contributed by atoms with E-state index in [0.29, 0.717) is 23.8 Å². The van der Waals surface area contributed by atoms with Crippen LogP contribution in [-0.4, -0.2) is 4.57 Å². The first-order chi connectivity index (χ1) is 12.4. The predicted molar refractivity (Wildman–Crippen MR) is 101 cm³/mol. The van der Waals surface area contributed by atoms with Gasteiger partial charge in [0.1, 0.15) is 17.4 Å². The van der Waals surface area contributed by atoms with Gasteiger partial charge < -0.3 is 15.0 Å². The number of rotatable bonds is 3. The maximum absolute atomic E-state index is 13.1. The Morgan fingerprint density at radius 1 is 1.31 bits per heavy atom. The molecule has 26 heavy (non-hydrogen) atoms. The lowest BCUT2D eigenvalue weighted by atomic mass is 9.83. The molecule has 0 saturated heterocycles. The van der Waals surface area contributed by atoms with E-state index < -0.39 is 5.92 Å². The van der Waals surface area contributed by atoms with Crippen molar-refractivity contribution in [1.82, 2.24) is 4.57 Å². The van der Waals surface area contributed by atoms with E-state index in [1.165, 1.54) is 5.56 Å². The van der Waals surface area contributed by atoms with Crippen LogP contribution in [0.4, 0.5) is 0 Å². The van der Waals surface area contributed by atoms with Crippen LogP contribution in [0.2, 0.25) is 0 Å². The molecule has 1 aliphatic rings. The summed E-state index contributed by atoms with van der Waals surface area (Å²) in [6.45, 7) is 8.59. The minimum absolute atomic E-state index is 0.0611. The van der Waals surface area contributed by atoms with Crippen LogP contribution < -0.4 is 16.0 Å². The lowest BCUT2D eigenvalue weighted by Crippen LogP contribution is -2.32. The number of hydrogen-bond acceptors (Lipinski definition) is 4. The second-order valence-electron chi connectivity index (χ2n) is 6.86. The van der Waals surface area contributed by atoms with Crippen LogP contribution >= 0.6 is 0 Å². The van der Waals surface area contributed by atoms with Crippen LogP contribution in [0.5, 0.6) is 5.75 Å². The third kappa shape index (κ3) is 2.78. The number of pyridine rings is 1. The number of aromatic nitrogens is 1. The fourth-order valence-electron chi connectivity index (χ4n) is 3.49. The number of nitrogens with zero attached hydrogens (tertiary/aromatic N) is 2. The Bertz CT molecular complexity index is 976. The Hall–Kier alpha value is -3.00. The number of allylic oxidation sites excluding steroid dienone is 1. The summed E-state index contributed by atoms with van der Waals surface area (Å²) >= 11 is 0. The van der Waals surface area contributed by atoms with Crippen LogP contribution in [0.1, 0.15) is 55.0 Å². The number of fused-ring (bicyclic) bond motifs is 1. The van der Waals surface area contributed by atoms with Gasteiger partial charge in [-0.3, -0.25) is 4.79 Å². The molecule has 1 aromatic heterocycles. The molecule has 3 rings (SSSR count). The Kier molecular flexibility index (Phi) is 4.60. The number of benzene rings is 1. The van der Waals surface area contributed by atoms with Crippen LogP contribution in [0, 0.1) is 18.3 Å². The van der Waals surface area contributed by atoms with Crippen LogP contribution in [0.15, 0.2) is 46.6 Å². The minimum Gasteiger partial charge on any atom is -0.440 e. The molecule has 1 unspecified atom stereocenters. The monoisotopic (exact) mass is 349 g/mol. The molecule has 2 aromatic rings. The molecular formula is C21H23N3O2. The Morgan fingerprint density at radius 3 is 2.50 bits per heavy atom. The first-order valence-corrected chi connectivity index (χ1v) is 8.80. The van der Waals surface area contributed by atoms with Gasteiger partial charge in [0.25, 0.3) is 5.56 Å². The number of nitrogens with two attached hydrogens (primary N) is 1. The summed E-state index contributed by atoms with van der Waals surface area (Å²) in [5.74, 6) is 0.385. The van der Waals surface area contributed by atoms with Gasteiger partial charge in [-0.15, -0.1) is 0 Å². The van der Waals surface area contributed by atoms with Crippen molar-refractivity contribution in [2.45, 2.75) is 46.1 Å². The standard InChI is InChI=1S/C21H23N3O2/c1-5-24-13(4)10-17-19(21(24)25)18(16(11-22)20(23)26-17)15-8-6-14(7-9-15)12(2)3/h6-10,12,18H,5,23H2,1-4H3. The Labute approximate surface area is 153 Å². The summed E-state index contributed by atoms with van der Waals surface area (Å²) < 4.78 is 7.32. The van der Waals surface area contributed by atoms with Crippen LogP contribution in [0.25, 0.3) is 0 Å². The molecule has 1 atom stereocenters. The van der Waals surface area contributed by atoms with Crippen molar-refractivity contribution in [2.24, 2.45) is 5.73 Å². The highest BCUT2D eigenvalue weighted by molar-refractivity contribution is 5.55. The fourth-order valence-corrected chi connectivity index (χ4v) is 3.49. The van der Waals surface area contributed by atoms with E-state index in [-0.39, 0.29) is 17.0 Å². The normalized spacial score (nSPS) is 16.2. The maximum atomic E-state index is 13.1. The second kappa shape index (κ2) is 6.72. The number of aryl methyl sites for hydroxylation is 1. The summed E-state index contributed by atoms with van der Waals surface area (Å²) in [5.41, 5.74) is 9.49. The molecule has 0 bridgehead atoms. The van der Waals surface area contributed by atoms with Crippen LogP contribution in [-0.2, 0) is 6.54 Å². The molecule has 0 saturated carbocycles. The smallest absolute Gasteiger partial charge is 0.258 e. The van der Waals surface area contributed by atoms with E-state index in [1.54, 1.807) is 4.57 Å². The van der Waals surface area contributed by atoms with Gasteiger partial charge in [-0.05, 0) is 30.9 Å². The Morgan fingerprint density at radius 2 is 1.96 bits per heavy atom. The average molecular weight is 349 g/mol. The average Bonchev–Trinajstić information content (AvgIpc) is 2.61. The molecule has 1 aliphatic heterocycles. The number of nitriles is 1. The first-order valence-electron chi connectivity index (χ1n) is 8.80. The van der Waals surface area contributed by atoms with Crippen molar-refractivity contribution < 1.29 is 4.74 Å². The van der Waals surface area contributed by atoms with E-state index in [2.05, 4.69) is 19.9 Å². The lowest BCUT2D eigenvalue weighted by Gasteiger charge is -2.27. The highest BCUT2D eigenvalue weighted by Gasteiger charge is 2.34. The van der Waals surface area contributed by atoms with Crippen molar-refractivity contribution in [3.63, 3.8) is 0 Å². The summed E-state index contributed by atoms with van der Waals surface area (Å²) in [6.07, 6.45) is 0. The Balaban J connectivity index is 2.27. The maximum Gasteiger partial charge on any atom is 0.258 e. The molecule has 5 heteroatoms. The summed E-state index contributed by atoms with van der Waals surface area (Å²) in [7, 11) is 0. The van der Waals surface area contributed by atoms with Gasteiger partial charge in [0.2, 0.25) is 5.88 Å². The molecule has 1 aromatic carbocycles. The minimum atomic E-state index is -0.518. The highest BCUT2D eigenvalue weighted by atomic mass is 16.5. The van der Waals surface area contributed by atoms with Gasteiger partial charge >= 0.3 is 0 Å². The first kappa shape index (κ1) is 17.8. The molecule has 0 aliphatic carbocycles. The highest BCUT2D eigenvalue weighted by Crippen LogP contribution is 2.40. The zero-order valence-electron chi connectivity index (χ0n) is 15.5. The molecular weight excluding hydrogens is 326 g/mol. The third-order valence-electron chi connectivity index (χ3n) is 4.94. The molecule has 0 fully saturated rings. The van der Waals surface area contributed by atoms with Crippen molar-refractivity contribution in [3.8, 4) is 11.8 Å². The largest absolute Gasteiger partial charge is 0.440 e. The van der Waals surface area contributed by atoms with Crippen molar-refractivity contribution in [1.29, 1.82) is 5.26 Å². The van der Waals surface area contributed by atoms with Gasteiger partial charge in [-0.1, -0.05) is 38.1 Å². The SMILES string of the molecule is CCn1c(C)cc2c(c1=O)C(c1ccc(C(C)C)cc1)C(C#N)=C(N)O2. The topological polar surface area (TPSA) is 81.0 Å². The zero-order valence-corrected chi connectivity index (χ0v) is 15.5. The van der Waals surface area contributed by atoms with E-state index in [1.807, 2.05) is 44.2 Å².